The fourth-order valence-corrected chi connectivity index (χ4v) is 4.43. The van der Waals surface area contributed by atoms with Gasteiger partial charge in [-0.3, -0.25) is 4.79 Å². The summed E-state index contributed by atoms with van der Waals surface area (Å²) in [5, 5.41) is 7.41. The van der Waals surface area contributed by atoms with Gasteiger partial charge >= 0.3 is 0 Å². The number of carbonyl (C=O) groups is 1. The Hall–Kier alpha value is -2.09. The molecular formula is C22H30BrN3O4. The van der Waals surface area contributed by atoms with Crippen LogP contribution in [0.15, 0.2) is 21.1 Å². The first-order valence-corrected chi connectivity index (χ1v) is 11.5. The van der Waals surface area contributed by atoms with Crippen LogP contribution in [0.25, 0.3) is 0 Å². The topological polar surface area (TPSA) is 86.5 Å². The molecular weight excluding hydrogens is 450 g/mol. The number of nitrogens with zero attached hydrogens (tertiary/aromatic N) is 2. The number of halogens is 1. The van der Waals surface area contributed by atoms with Crippen LogP contribution in [-0.4, -0.2) is 29.3 Å². The highest BCUT2D eigenvalue weighted by atomic mass is 79.9. The minimum atomic E-state index is -0.578. The second-order valence-electron chi connectivity index (χ2n) is 7.61. The van der Waals surface area contributed by atoms with Crippen LogP contribution in [0.4, 0.5) is 0 Å². The van der Waals surface area contributed by atoms with E-state index >= 15 is 0 Å². The van der Waals surface area contributed by atoms with Gasteiger partial charge < -0.3 is 19.3 Å². The summed E-state index contributed by atoms with van der Waals surface area (Å²) in [7, 11) is 0. The molecule has 3 rings (SSSR count). The van der Waals surface area contributed by atoms with E-state index in [2.05, 4.69) is 31.4 Å². The first-order valence-electron chi connectivity index (χ1n) is 10.7. The van der Waals surface area contributed by atoms with E-state index in [1.807, 2.05) is 26.0 Å². The van der Waals surface area contributed by atoms with Gasteiger partial charge in [0.25, 0.3) is 0 Å². The molecule has 2 aromatic rings. The normalized spacial score (nSPS) is 16.0. The molecule has 7 nitrogen and oxygen atoms in total. The minimum absolute atomic E-state index is 0.0772. The van der Waals surface area contributed by atoms with Crippen LogP contribution in [-0.2, 0) is 16.8 Å². The minimum Gasteiger partial charge on any atom is -0.490 e. The molecule has 0 radical (unpaired) electrons. The molecule has 0 aliphatic heterocycles. The Morgan fingerprint density at radius 1 is 1.13 bits per heavy atom. The lowest BCUT2D eigenvalue weighted by Crippen LogP contribution is -2.47. The molecule has 1 fully saturated rings. The van der Waals surface area contributed by atoms with E-state index in [0.29, 0.717) is 36.4 Å². The summed E-state index contributed by atoms with van der Waals surface area (Å²) in [5.41, 5.74) is 0.263. The Morgan fingerprint density at radius 3 is 2.33 bits per heavy atom. The van der Waals surface area contributed by atoms with E-state index in [0.717, 1.165) is 48.6 Å². The molecule has 1 aliphatic rings. The molecule has 8 heteroatoms. The molecule has 0 bridgehead atoms. The van der Waals surface area contributed by atoms with Crippen molar-refractivity contribution in [3.05, 3.63) is 33.9 Å². The van der Waals surface area contributed by atoms with Gasteiger partial charge in [0.05, 0.1) is 19.6 Å². The monoisotopic (exact) mass is 479 g/mol. The fraction of sp³-hybridized carbons (Fsp3) is 0.591. The highest BCUT2D eigenvalue weighted by Crippen LogP contribution is 2.36. The van der Waals surface area contributed by atoms with Crippen molar-refractivity contribution >= 4 is 21.8 Å². The number of amides is 1. The van der Waals surface area contributed by atoms with Crippen LogP contribution < -0.4 is 14.8 Å². The van der Waals surface area contributed by atoms with Crippen molar-refractivity contribution in [3.63, 3.8) is 0 Å². The molecule has 1 heterocycles. The van der Waals surface area contributed by atoms with E-state index in [1.165, 1.54) is 0 Å². The Bertz CT molecular complexity index is 860. The molecule has 1 aromatic carbocycles. The first kappa shape index (κ1) is 22.6. The summed E-state index contributed by atoms with van der Waals surface area (Å²) in [6.07, 6.45) is 6.18. The van der Waals surface area contributed by atoms with Crippen LogP contribution in [0.1, 0.15) is 69.7 Å². The number of rotatable bonds is 8. The summed E-state index contributed by atoms with van der Waals surface area (Å²) in [4.78, 5) is 17.6. The number of aromatic nitrogens is 2. The average Bonchev–Trinajstić information content (AvgIpc) is 3.01. The van der Waals surface area contributed by atoms with Gasteiger partial charge in [-0.25, -0.2) is 0 Å². The highest BCUT2D eigenvalue weighted by molar-refractivity contribution is 9.10. The molecule has 1 amide bonds. The number of aryl methyl sites for hydroxylation is 1. The Labute approximate surface area is 186 Å². The Kier molecular flexibility index (Phi) is 7.75. The third-order valence-corrected chi connectivity index (χ3v) is 6.09. The van der Waals surface area contributed by atoms with E-state index < -0.39 is 5.54 Å². The number of nitrogens with one attached hydrogen (secondary N) is 1. The lowest BCUT2D eigenvalue weighted by molar-refractivity contribution is -0.122. The zero-order valence-electron chi connectivity index (χ0n) is 17.9. The van der Waals surface area contributed by atoms with Crippen LogP contribution in [0, 0.1) is 6.92 Å². The maximum atomic E-state index is 13.1. The molecule has 0 unspecified atom stereocenters. The highest BCUT2D eigenvalue weighted by Gasteiger charge is 2.38. The number of carbonyl (C=O) groups excluding carboxylic acids is 1. The van der Waals surface area contributed by atoms with Gasteiger partial charge in [-0.1, -0.05) is 46.8 Å². The van der Waals surface area contributed by atoms with Crippen LogP contribution in [0.5, 0.6) is 11.5 Å². The SMILES string of the molecule is CCOc1cc(Br)c(CC(=O)NC2(c3noc(C)n3)CCCCCC2)cc1OCC. The predicted octanol–water partition coefficient (Wildman–Crippen LogP) is 4.85. The van der Waals surface area contributed by atoms with Crippen molar-refractivity contribution in [3.8, 4) is 11.5 Å². The van der Waals surface area contributed by atoms with Gasteiger partial charge in [-0.2, -0.15) is 4.98 Å². The lowest BCUT2D eigenvalue weighted by Gasteiger charge is -2.31. The summed E-state index contributed by atoms with van der Waals surface area (Å²) in [6.45, 7) is 6.69. The number of hydrogen-bond donors (Lipinski definition) is 1. The smallest absolute Gasteiger partial charge is 0.225 e. The van der Waals surface area contributed by atoms with Gasteiger partial charge in [-0.05, 0) is 44.4 Å². The van der Waals surface area contributed by atoms with Gasteiger partial charge in [0.1, 0.15) is 5.54 Å². The van der Waals surface area contributed by atoms with Crippen LogP contribution >= 0.6 is 15.9 Å². The second kappa shape index (κ2) is 10.3. The predicted molar refractivity (Wildman–Crippen MR) is 117 cm³/mol. The van der Waals surface area contributed by atoms with Crippen molar-refractivity contribution in [2.45, 2.75) is 71.3 Å². The maximum Gasteiger partial charge on any atom is 0.225 e. The third kappa shape index (κ3) is 5.33. The number of benzene rings is 1. The molecule has 0 saturated heterocycles. The standard InChI is InChI=1S/C22H30BrN3O4/c1-4-28-18-12-16(17(23)14-19(18)29-5-2)13-20(27)25-22(10-8-6-7-9-11-22)21-24-15(3)30-26-21/h12,14H,4-11,13H2,1-3H3,(H,25,27). The molecule has 1 saturated carbocycles. The fourth-order valence-electron chi connectivity index (χ4n) is 3.96. The maximum absolute atomic E-state index is 13.1. The molecule has 30 heavy (non-hydrogen) atoms. The molecule has 164 valence electrons. The first-order chi connectivity index (χ1) is 14.5. The van der Waals surface area contributed by atoms with Gasteiger partial charge in [-0.15, -0.1) is 0 Å². The lowest BCUT2D eigenvalue weighted by atomic mass is 9.88. The van der Waals surface area contributed by atoms with Gasteiger partial charge in [0.2, 0.25) is 11.8 Å². The van der Waals surface area contributed by atoms with Crippen molar-refractivity contribution < 1.29 is 18.8 Å². The van der Waals surface area contributed by atoms with E-state index in [1.54, 1.807) is 6.92 Å². The quantitative estimate of drug-likeness (QED) is 0.544. The van der Waals surface area contributed by atoms with Crippen molar-refractivity contribution in [2.75, 3.05) is 13.2 Å². The van der Waals surface area contributed by atoms with Crippen LogP contribution in [0.3, 0.4) is 0 Å². The second-order valence-corrected chi connectivity index (χ2v) is 8.47. The van der Waals surface area contributed by atoms with Gasteiger partial charge in [0, 0.05) is 11.4 Å². The van der Waals surface area contributed by atoms with E-state index in [4.69, 9.17) is 14.0 Å². The van der Waals surface area contributed by atoms with Crippen molar-refractivity contribution in [1.82, 2.24) is 15.5 Å². The largest absolute Gasteiger partial charge is 0.490 e. The zero-order chi connectivity index (χ0) is 21.6. The Morgan fingerprint density at radius 2 is 1.77 bits per heavy atom. The molecule has 0 atom stereocenters. The summed E-state index contributed by atoms with van der Waals surface area (Å²) in [5.74, 6) is 2.32. The number of hydrogen-bond acceptors (Lipinski definition) is 6. The van der Waals surface area contributed by atoms with E-state index in [-0.39, 0.29) is 12.3 Å². The summed E-state index contributed by atoms with van der Waals surface area (Å²) < 4.78 is 17.4. The van der Waals surface area contributed by atoms with Crippen LogP contribution in [0.2, 0.25) is 0 Å². The zero-order valence-corrected chi connectivity index (χ0v) is 19.5. The number of ether oxygens (including phenoxy) is 2. The molecule has 0 spiro atoms. The average molecular weight is 480 g/mol. The third-order valence-electron chi connectivity index (χ3n) is 5.35. The summed E-state index contributed by atoms with van der Waals surface area (Å²) >= 11 is 3.58. The Balaban J connectivity index is 1.82. The molecule has 1 N–H and O–H groups in total. The molecule has 1 aromatic heterocycles. The van der Waals surface area contributed by atoms with Crippen molar-refractivity contribution in [1.29, 1.82) is 0 Å². The van der Waals surface area contributed by atoms with E-state index in [9.17, 15) is 4.79 Å². The van der Waals surface area contributed by atoms with Crippen molar-refractivity contribution in [2.24, 2.45) is 0 Å². The summed E-state index contributed by atoms with van der Waals surface area (Å²) in [6, 6.07) is 3.73. The van der Waals surface area contributed by atoms with Gasteiger partial charge in [0.15, 0.2) is 17.3 Å². The molecule has 1 aliphatic carbocycles.